The molecule has 0 aliphatic carbocycles. The molecule has 0 saturated heterocycles. The van der Waals surface area contributed by atoms with Crippen molar-refractivity contribution in [3.63, 3.8) is 0 Å². The van der Waals surface area contributed by atoms with Crippen LogP contribution < -0.4 is 16.0 Å². The van der Waals surface area contributed by atoms with Crippen molar-refractivity contribution >= 4 is 16.6 Å². The molecular weight excluding hydrogens is 341 g/mol. The molecule has 0 saturated carbocycles. The van der Waals surface area contributed by atoms with E-state index in [1.54, 1.807) is 24.4 Å². The predicted molar refractivity (Wildman–Crippen MR) is 92.0 cm³/mol. The highest BCUT2D eigenvalue weighted by Crippen LogP contribution is 2.20. The summed E-state index contributed by atoms with van der Waals surface area (Å²) in [6.45, 7) is 0.400. The van der Waals surface area contributed by atoms with Crippen LogP contribution in [0.15, 0.2) is 52.4 Å². The third-order valence-corrected chi connectivity index (χ3v) is 4.14. The van der Waals surface area contributed by atoms with Gasteiger partial charge in [0, 0.05) is 18.8 Å². The van der Waals surface area contributed by atoms with Gasteiger partial charge in [-0.05, 0) is 18.2 Å². The normalized spacial score (nSPS) is 11.3. The van der Waals surface area contributed by atoms with Crippen LogP contribution in [-0.4, -0.2) is 30.8 Å². The summed E-state index contributed by atoms with van der Waals surface area (Å²) in [7, 11) is 1.33. The number of benzene rings is 1. The van der Waals surface area contributed by atoms with Crippen LogP contribution in [-0.2, 0) is 13.1 Å². The number of aromatic nitrogens is 5. The second-order valence-corrected chi connectivity index (χ2v) is 5.68. The Hall–Kier alpha value is -3.49. The van der Waals surface area contributed by atoms with Crippen LogP contribution >= 0.6 is 0 Å². The fourth-order valence-electron chi connectivity index (χ4n) is 2.79. The van der Waals surface area contributed by atoms with Gasteiger partial charge in [0.15, 0.2) is 17.2 Å². The molecule has 132 valence electrons. The molecule has 0 aliphatic rings. The molecule has 4 aromatic rings. The fourth-order valence-corrected chi connectivity index (χ4v) is 2.79. The first-order valence-electron chi connectivity index (χ1n) is 7.85. The molecule has 8 nitrogen and oxygen atoms in total. The van der Waals surface area contributed by atoms with Gasteiger partial charge in [-0.3, -0.25) is 13.8 Å². The van der Waals surface area contributed by atoms with Gasteiger partial charge in [-0.1, -0.05) is 6.07 Å². The molecule has 0 spiro atoms. The van der Waals surface area contributed by atoms with Gasteiger partial charge in [0.05, 0.1) is 30.9 Å². The van der Waals surface area contributed by atoms with Crippen LogP contribution in [0.25, 0.3) is 16.6 Å². The second kappa shape index (κ2) is 6.10. The summed E-state index contributed by atoms with van der Waals surface area (Å²) >= 11 is 0. The lowest BCUT2D eigenvalue weighted by atomic mass is 10.2. The van der Waals surface area contributed by atoms with Crippen molar-refractivity contribution in [1.29, 1.82) is 0 Å². The number of halogens is 1. The van der Waals surface area contributed by atoms with Crippen LogP contribution in [0.2, 0.25) is 0 Å². The smallest absolute Gasteiger partial charge is 0.350 e. The monoisotopic (exact) mass is 355 g/mol. The zero-order chi connectivity index (χ0) is 18.3. The van der Waals surface area contributed by atoms with Crippen molar-refractivity contribution in [2.75, 3.05) is 7.11 Å². The number of nitrogens with zero attached hydrogens (tertiary/aromatic N) is 5. The first kappa shape index (κ1) is 16.0. The maximum Gasteiger partial charge on any atom is 0.350 e. The van der Waals surface area contributed by atoms with E-state index in [1.807, 2.05) is 0 Å². The summed E-state index contributed by atoms with van der Waals surface area (Å²) in [6, 6.07) is 7.74. The molecule has 1 aromatic carbocycles. The zero-order valence-corrected chi connectivity index (χ0v) is 13.8. The molecular formula is C17H14FN5O3. The van der Waals surface area contributed by atoms with Gasteiger partial charge in [0.25, 0.3) is 5.56 Å². The summed E-state index contributed by atoms with van der Waals surface area (Å²) in [5, 5.41) is 4.46. The Morgan fingerprint density at radius 2 is 2.04 bits per heavy atom. The van der Waals surface area contributed by atoms with E-state index >= 15 is 0 Å². The molecule has 0 radical (unpaired) electrons. The average molecular weight is 355 g/mol. The van der Waals surface area contributed by atoms with E-state index in [2.05, 4.69) is 10.1 Å². The molecule has 0 atom stereocenters. The standard InChI is InChI=1S/C17H14FN5O3/c1-26-14-8-11-13(9-12(14)18)19-10-21(16(11)24)6-7-23-17(25)22-5-3-2-4-15(22)20-23/h2-5,8-10H,6-7H2,1H3. The lowest BCUT2D eigenvalue weighted by Crippen LogP contribution is -2.27. The van der Waals surface area contributed by atoms with Gasteiger partial charge in [-0.15, -0.1) is 5.10 Å². The summed E-state index contributed by atoms with van der Waals surface area (Å²) in [4.78, 5) is 29.0. The molecule has 0 aliphatic heterocycles. The van der Waals surface area contributed by atoms with Crippen LogP contribution in [0.1, 0.15) is 0 Å². The Bertz CT molecular complexity index is 1240. The topological polar surface area (TPSA) is 83.4 Å². The summed E-state index contributed by atoms with van der Waals surface area (Å²) in [6.07, 6.45) is 2.96. The maximum atomic E-state index is 13.7. The minimum atomic E-state index is -0.582. The first-order chi connectivity index (χ1) is 12.6. The minimum Gasteiger partial charge on any atom is -0.494 e. The fraction of sp³-hybridized carbons (Fsp3) is 0.176. The lowest BCUT2D eigenvalue weighted by molar-refractivity contribution is 0.387. The van der Waals surface area contributed by atoms with Gasteiger partial charge in [0.2, 0.25) is 0 Å². The van der Waals surface area contributed by atoms with Crippen molar-refractivity contribution in [2.24, 2.45) is 0 Å². The summed E-state index contributed by atoms with van der Waals surface area (Å²) < 4.78 is 22.7. The van der Waals surface area contributed by atoms with Gasteiger partial charge >= 0.3 is 5.69 Å². The summed E-state index contributed by atoms with van der Waals surface area (Å²) in [5.74, 6) is -0.605. The molecule has 3 heterocycles. The van der Waals surface area contributed by atoms with E-state index < -0.39 is 5.82 Å². The number of aryl methyl sites for hydroxylation is 2. The Labute approximate surface area is 145 Å². The van der Waals surface area contributed by atoms with Crippen molar-refractivity contribution in [3.05, 3.63) is 69.5 Å². The lowest BCUT2D eigenvalue weighted by Gasteiger charge is -2.08. The number of ether oxygens (including phenoxy) is 1. The van der Waals surface area contributed by atoms with Crippen molar-refractivity contribution < 1.29 is 9.13 Å². The van der Waals surface area contributed by atoms with E-state index in [9.17, 15) is 14.0 Å². The molecule has 0 unspecified atom stereocenters. The first-order valence-corrected chi connectivity index (χ1v) is 7.85. The molecule has 0 bridgehead atoms. The average Bonchev–Trinajstić information content (AvgIpc) is 2.97. The number of rotatable bonds is 4. The minimum absolute atomic E-state index is 0.0225. The molecule has 0 N–H and O–H groups in total. The number of methoxy groups -OCH3 is 1. The Morgan fingerprint density at radius 3 is 2.81 bits per heavy atom. The Balaban J connectivity index is 1.69. The largest absolute Gasteiger partial charge is 0.494 e. The van der Waals surface area contributed by atoms with E-state index in [0.29, 0.717) is 5.65 Å². The molecule has 9 heteroatoms. The van der Waals surface area contributed by atoms with Crippen LogP contribution in [0.4, 0.5) is 4.39 Å². The predicted octanol–water partition coefficient (Wildman–Crippen LogP) is 1.05. The van der Waals surface area contributed by atoms with Crippen molar-refractivity contribution in [2.45, 2.75) is 13.1 Å². The van der Waals surface area contributed by atoms with Crippen molar-refractivity contribution in [1.82, 2.24) is 23.7 Å². The summed E-state index contributed by atoms with van der Waals surface area (Å²) in [5.41, 5.74) is 0.146. The number of hydrogen-bond acceptors (Lipinski definition) is 5. The van der Waals surface area contributed by atoms with Crippen LogP contribution in [0, 0.1) is 5.82 Å². The number of fused-ring (bicyclic) bond motifs is 2. The highest BCUT2D eigenvalue weighted by atomic mass is 19.1. The highest BCUT2D eigenvalue weighted by molar-refractivity contribution is 5.79. The molecule has 0 amide bonds. The Kier molecular flexibility index (Phi) is 3.76. The van der Waals surface area contributed by atoms with Gasteiger partial charge in [0.1, 0.15) is 0 Å². The SMILES string of the molecule is COc1cc2c(=O)n(CCn3nc4ccccn4c3=O)cnc2cc1F. The van der Waals surface area contributed by atoms with Crippen LogP contribution in [0.3, 0.4) is 0 Å². The Morgan fingerprint density at radius 1 is 1.19 bits per heavy atom. The molecule has 0 fully saturated rings. The third-order valence-electron chi connectivity index (χ3n) is 4.14. The molecule has 3 aromatic heterocycles. The second-order valence-electron chi connectivity index (χ2n) is 5.68. The van der Waals surface area contributed by atoms with Crippen molar-refractivity contribution in [3.8, 4) is 5.75 Å². The van der Waals surface area contributed by atoms with Gasteiger partial charge < -0.3 is 4.74 Å². The molecule has 26 heavy (non-hydrogen) atoms. The van der Waals surface area contributed by atoms with E-state index in [-0.39, 0.29) is 41.0 Å². The molecule has 4 rings (SSSR count). The highest BCUT2D eigenvalue weighted by Gasteiger charge is 2.11. The number of pyridine rings is 1. The number of hydrogen-bond donors (Lipinski definition) is 0. The van der Waals surface area contributed by atoms with Crippen LogP contribution in [0.5, 0.6) is 5.75 Å². The quantitative estimate of drug-likeness (QED) is 0.546. The maximum absolute atomic E-state index is 13.7. The van der Waals surface area contributed by atoms with E-state index in [1.165, 1.54) is 33.2 Å². The van der Waals surface area contributed by atoms with E-state index in [4.69, 9.17) is 4.74 Å². The third kappa shape index (κ3) is 2.53. The van der Waals surface area contributed by atoms with E-state index in [0.717, 1.165) is 6.07 Å². The van der Waals surface area contributed by atoms with Gasteiger partial charge in [-0.2, -0.15) is 0 Å². The zero-order valence-electron chi connectivity index (χ0n) is 13.8. The van der Waals surface area contributed by atoms with Gasteiger partial charge in [-0.25, -0.2) is 18.9 Å².